The lowest BCUT2D eigenvalue weighted by molar-refractivity contribution is -0.137. The van der Waals surface area contributed by atoms with Gasteiger partial charge in [-0.25, -0.2) is 0 Å². The van der Waals surface area contributed by atoms with E-state index in [4.69, 9.17) is 14.6 Å². The van der Waals surface area contributed by atoms with Crippen molar-refractivity contribution in [2.75, 3.05) is 14.2 Å². The summed E-state index contributed by atoms with van der Waals surface area (Å²) < 4.78 is 10.9. The maximum absolute atomic E-state index is 10.6. The van der Waals surface area contributed by atoms with Crippen molar-refractivity contribution in [1.82, 2.24) is 0 Å². The largest absolute Gasteiger partial charge is 0.496 e. The number of carboxylic acids is 1. The second-order valence-electron chi connectivity index (χ2n) is 4.56. The maximum Gasteiger partial charge on any atom is 0.303 e. The number of methoxy groups -OCH3 is 2. The van der Waals surface area contributed by atoms with Crippen LogP contribution in [0.15, 0.2) is 30.3 Å². The van der Waals surface area contributed by atoms with Crippen molar-refractivity contribution < 1.29 is 19.4 Å². The van der Waals surface area contributed by atoms with Gasteiger partial charge in [0.1, 0.15) is 11.5 Å². The van der Waals surface area contributed by atoms with E-state index in [0.717, 1.165) is 27.8 Å². The van der Waals surface area contributed by atoms with Gasteiger partial charge in [-0.1, -0.05) is 24.3 Å². The number of carbonyl (C=O) groups is 1. The van der Waals surface area contributed by atoms with Crippen LogP contribution < -0.4 is 9.47 Å². The van der Waals surface area contributed by atoms with Gasteiger partial charge in [0.25, 0.3) is 0 Å². The van der Waals surface area contributed by atoms with Crippen molar-refractivity contribution in [2.45, 2.75) is 19.3 Å². The molecule has 20 heavy (non-hydrogen) atoms. The predicted octanol–water partition coefficient (Wildman–Crippen LogP) is 3.26. The Kier molecular flexibility index (Phi) is 4.45. The molecule has 0 saturated heterocycles. The van der Waals surface area contributed by atoms with Gasteiger partial charge in [0.05, 0.1) is 14.2 Å². The minimum absolute atomic E-state index is 0.151. The van der Waals surface area contributed by atoms with Crippen LogP contribution in [0.25, 0.3) is 10.8 Å². The van der Waals surface area contributed by atoms with Gasteiger partial charge < -0.3 is 14.6 Å². The monoisotopic (exact) mass is 274 g/mol. The maximum atomic E-state index is 10.6. The van der Waals surface area contributed by atoms with Crippen LogP contribution in [-0.4, -0.2) is 25.3 Å². The number of ether oxygens (including phenoxy) is 2. The molecule has 0 fully saturated rings. The number of aryl methyl sites for hydroxylation is 1. The van der Waals surface area contributed by atoms with Gasteiger partial charge in [0, 0.05) is 17.2 Å². The molecular weight excluding hydrogens is 256 g/mol. The van der Waals surface area contributed by atoms with Crippen LogP contribution in [0.2, 0.25) is 0 Å². The molecule has 4 heteroatoms. The summed E-state index contributed by atoms with van der Waals surface area (Å²) in [6.07, 6.45) is 1.38. The number of carboxylic acid groups (broad SMARTS) is 1. The molecule has 0 spiro atoms. The zero-order valence-electron chi connectivity index (χ0n) is 11.7. The Morgan fingerprint density at radius 3 is 2.45 bits per heavy atom. The summed E-state index contributed by atoms with van der Waals surface area (Å²) in [5, 5.41) is 10.7. The highest BCUT2D eigenvalue weighted by Gasteiger charge is 2.13. The average molecular weight is 274 g/mol. The number of fused-ring (bicyclic) bond motifs is 1. The molecule has 2 aromatic rings. The summed E-state index contributed by atoms with van der Waals surface area (Å²) in [6, 6.07) is 9.80. The van der Waals surface area contributed by atoms with E-state index >= 15 is 0 Å². The molecule has 0 aliphatic rings. The summed E-state index contributed by atoms with van der Waals surface area (Å²) in [5.74, 6) is 0.801. The van der Waals surface area contributed by atoms with E-state index in [9.17, 15) is 4.79 Å². The fourth-order valence-corrected chi connectivity index (χ4v) is 2.40. The first kappa shape index (κ1) is 14.2. The molecule has 2 rings (SSSR count). The highest BCUT2D eigenvalue weighted by atomic mass is 16.5. The Morgan fingerprint density at radius 2 is 1.85 bits per heavy atom. The van der Waals surface area contributed by atoms with Gasteiger partial charge in [-0.05, 0) is 24.5 Å². The van der Waals surface area contributed by atoms with E-state index in [1.54, 1.807) is 14.2 Å². The lowest BCUT2D eigenvalue weighted by Crippen LogP contribution is -1.99. The number of hydrogen-bond acceptors (Lipinski definition) is 3. The molecule has 0 aromatic heterocycles. The zero-order valence-corrected chi connectivity index (χ0v) is 11.7. The topological polar surface area (TPSA) is 55.8 Å². The van der Waals surface area contributed by atoms with Crippen LogP contribution >= 0.6 is 0 Å². The minimum Gasteiger partial charge on any atom is -0.496 e. The molecule has 0 radical (unpaired) electrons. The fourth-order valence-electron chi connectivity index (χ4n) is 2.40. The second kappa shape index (κ2) is 6.28. The van der Waals surface area contributed by atoms with Crippen LogP contribution in [-0.2, 0) is 11.2 Å². The third-order valence-electron chi connectivity index (χ3n) is 3.29. The summed E-state index contributed by atoms with van der Waals surface area (Å²) in [4.78, 5) is 10.6. The van der Waals surface area contributed by atoms with E-state index in [1.165, 1.54) is 0 Å². The van der Waals surface area contributed by atoms with Gasteiger partial charge in [-0.15, -0.1) is 0 Å². The number of aliphatic carboxylic acids is 1. The molecule has 106 valence electrons. The average Bonchev–Trinajstić information content (AvgIpc) is 2.45. The van der Waals surface area contributed by atoms with Crippen molar-refractivity contribution in [1.29, 1.82) is 0 Å². The Labute approximate surface area is 117 Å². The highest BCUT2D eigenvalue weighted by molar-refractivity contribution is 5.94. The molecule has 1 N–H and O–H groups in total. The van der Waals surface area contributed by atoms with Gasteiger partial charge >= 0.3 is 5.97 Å². The van der Waals surface area contributed by atoms with Crippen molar-refractivity contribution in [3.05, 3.63) is 35.9 Å². The van der Waals surface area contributed by atoms with E-state index in [0.29, 0.717) is 12.8 Å². The fraction of sp³-hybridized carbons (Fsp3) is 0.312. The minimum atomic E-state index is -0.781. The summed E-state index contributed by atoms with van der Waals surface area (Å²) in [5.41, 5.74) is 0.976. The number of benzene rings is 2. The molecule has 0 bridgehead atoms. The van der Waals surface area contributed by atoms with Crippen LogP contribution in [0.1, 0.15) is 18.4 Å². The van der Waals surface area contributed by atoms with Crippen molar-refractivity contribution in [2.24, 2.45) is 0 Å². The molecule has 2 aromatic carbocycles. The molecule has 0 heterocycles. The van der Waals surface area contributed by atoms with Crippen LogP contribution in [0.3, 0.4) is 0 Å². The van der Waals surface area contributed by atoms with E-state index in [1.807, 2.05) is 30.3 Å². The smallest absolute Gasteiger partial charge is 0.303 e. The predicted molar refractivity (Wildman–Crippen MR) is 77.6 cm³/mol. The SMILES string of the molecule is COc1cc(CCCC(=O)O)c(OC)c2ccccc12. The summed E-state index contributed by atoms with van der Waals surface area (Å²) in [7, 11) is 3.27. The normalized spacial score (nSPS) is 10.5. The molecular formula is C16H18O4. The zero-order chi connectivity index (χ0) is 14.5. The number of hydrogen-bond donors (Lipinski definition) is 1. The Bertz CT molecular complexity index is 619. The lowest BCUT2D eigenvalue weighted by Gasteiger charge is -2.14. The molecule has 0 aliphatic carbocycles. The molecule has 0 aliphatic heterocycles. The third kappa shape index (κ3) is 2.85. The van der Waals surface area contributed by atoms with E-state index < -0.39 is 5.97 Å². The Hall–Kier alpha value is -2.23. The Morgan fingerprint density at radius 1 is 1.15 bits per heavy atom. The first-order valence-electron chi connectivity index (χ1n) is 6.51. The summed E-state index contributed by atoms with van der Waals surface area (Å²) >= 11 is 0. The summed E-state index contributed by atoms with van der Waals surface area (Å²) in [6.45, 7) is 0. The van der Waals surface area contributed by atoms with Gasteiger partial charge in [-0.3, -0.25) is 4.79 Å². The van der Waals surface area contributed by atoms with E-state index in [-0.39, 0.29) is 6.42 Å². The highest BCUT2D eigenvalue weighted by Crippen LogP contribution is 2.37. The van der Waals surface area contributed by atoms with Gasteiger partial charge in [-0.2, -0.15) is 0 Å². The van der Waals surface area contributed by atoms with Gasteiger partial charge in [0.15, 0.2) is 0 Å². The van der Waals surface area contributed by atoms with Crippen molar-refractivity contribution >= 4 is 16.7 Å². The van der Waals surface area contributed by atoms with Crippen LogP contribution in [0.4, 0.5) is 0 Å². The third-order valence-corrected chi connectivity index (χ3v) is 3.29. The van der Waals surface area contributed by atoms with Crippen molar-refractivity contribution in [3.8, 4) is 11.5 Å². The standard InChI is InChI=1S/C16H18O4/c1-19-14-10-11(6-5-9-15(17)18)16(20-2)13-8-4-3-7-12(13)14/h3-4,7-8,10H,5-6,9H2,1-2H3,(H,17,18). The number of rotatable bonds is 6. The second-order valence-corrected chi connectivity index (χ2v) is 4.56. The molecule has 0 atom stereocenters. The van der Waals surface area contributed by atoms with Crippen LogP contribution in [0.5, 0.6) is 11.5 Å². The van der Waals surface area contributed by atoms with Crippen molar-refractivity contribution in [3.63, 3.8) is 0 Å². The molecule has 0 unspecified atom stereocenters. The molecule has 0 amide bonds. The van der Waals surface area contributed by atoms with Crippen LogP contribution in [0, 0.1) is 0 Å². The van der Waals surface area contributed by atoms with E-state index in [2.05, 4.69) is 0 Å². The molecule has 4 nitrogen and oxygen atoms in total. The first-order chi connectivity index (χ1) is 9.67. The van der Waals surface area contributed by atoms with Gasteiger partial charge in [0.2, 0.25) is 0 Å². The molecule has 0 saturated carbocycles. The Balaban J connectivity index is 2.44. The lowest BCUT2D eigenvalue weighted by atomic mass is 10.00. The first-order valence-corrected chi connectivity index (χ1v) is 6.51. The quantitative estimate of drug-likeness (QED) is 0.878.